The van der Waals surface area contributed by atoms with Crippen molar-refractivity contribution in [1.29, 1.82) is 0 Å². The van der Waals surface area contributed by atoms with Crippen LogP contribution in [-0.4, -0.2) is 55.8 Å². The first-order valence-electron chi connectivity index (χ1n) is 9.91. The summed E-state index contributed by atoms with van der Waals surface area (Å²) in [5.41, 5.74) is 2.29. The lowest BCUT2D eigenvalue weighted by Crippen LogP contribution is -2.53. The SMILES string of the molecule is CCC(Oc1ccc(C)c(C)c1)C(=O)N1CCN(S(=O)(=O)c2ccccc2)CC1. The van der Waals surface area contributed by atoms with Crippen molar-refractivity contribution in [2.75, 3.05) is 26.2 Å². The Bertz CT molecular complexity index is 952. The smallest absolute Gasteiger partial charge is 0.263 e. The molecule has 1 amide bonds. The minimum Gasteiger partial charge on any atom is -0.481 e. The molecule has 0 bridgehead atoms. The summed E-state index contributed by atoms with van der Waals surface area (Å²) < 4.78 is 32.9. The fourth-order valence-electron chi connectivity index (χ4n) is 3.35. The van der Waals surface area contributed by atoms with Crippen LogP contribution in [0.4, 0.5) is 0 Å². The molecule has 0 spiro atoms. The molecule has 0 radical (unpaired) electrons. The van der Waals surface area contributed by atoms with Crippen LogP contribution in [0.25, 0.3) is 0 Å². The molecule has 6 nitrogen and oxygen atoms in total. The highest BCUT2D eigenvalue weighted by Crippen LogP contribution is 2.21. The van der Waals surface area contributed by atoms with Gasteiger partial charge in [0.25, 0.3) is 5.91 Å². The fraction of sp³-hybridized carbons (Fsp3) is 0.409. The van der Waals surface area contributed by atoms with Crippen LogP contribution in [0.5, 0.6) is 5.75 Å². The standard InChI is InChI=1S/C22H28N2O4S/c1-4-21(28-19-11-10-17(2)18(3)16-19)22(25)23-12-14-24(15-13-23)29(26,27)20-8-6-5-7-9-20/h5-11,16,21H,4,12-15H2,1-3H3. The van der Waals surface area contributed by atoms with Crippen molar-refractivity contribution < 1.29 is 17.9 Å². The summed E-state index contributed by atoms with van der Waals surface area (Å²) >= 11 is 0. The third kappa shape index (κ3) is 4.79. The molecule has 3 rings (SSSR count). The number of sulfonamides is 1. The van der Waals surface area contributed by atoms with E-state index in [0.717, 1.165) is 5.56 Å². The Labute approximate surface area is 173 Å². The number of nitrogens with zero attached hydrogens (tertiary/aromatic N) is 2. The molecule has 0 aliphatic carbocycles. The molecule has 1 saturated heterocycles. The predicted octanol–water partition coefficient (Wildman–Crippen LogP) is 2.99. The molecule has 7 heteroatoms. The largest absolute Gasteiger partial charge is 0.481 e. The maximum Gasteiger partial charge on any atom is 0.263 e. The summed E-state index contributed by atoms with van der Waals surface area (Å²) in [6.07, 6.45) is -0.0248. The van der Waals surface area contributed by atoms with Crippen LogP contribution < -0.4 is 4.74 Å². The van der Waals surface area contributed by atoms with E-state index in [-0.39, 0.29) is 23.9 Å². The van der Waals surface area contributed by atoms with Gasteiger partial charge in [-0.2, -0.15) is 4.31 Å². The first-order chi connectivity index (χ1) is 13.8. The molecule has 1 aliphatic heterocycles. The highest BCUT2D eigenvalue weighted by Gasteiger charge is 2.32. The lowest BCUT2D eigenvalue weighted by Gasteiger charge is -2.35. The number of piperazine rings is 1. The van der Waals surface area contributed by atoms with E-state index in [9.17, 15) is 13.2 Å². The lowest BCUT2D eigenvalue weighted by atomic mass is 10.1. The van der Waals surface area contributed by atoms with Crippen LogP contribution in [0.3, 0.4) is 0 Å². The number of benzene rings is 2. The molecule has 0 N–H and O–H groups in total. The topological polar surface area (TPSA) is 66.9 Å². The van der Waals surface area contributed by atoms with Gasteiger partial charge in [-0.1, -0.05) is 31.2 Å². The van der Waals surface area contributed by atoms with Crippen molar-refractivity contribution in [1.82, 2.24) is 9.21 Å². The van der Waals surface area contributed by atoms with Crippen molar-refractivity contribution in [3.8, 4) is 5.75 Å². The summed E-state index contributed by atoms with van der Waals surface area (Å²) in [5.74, 6) is 0.584. The summed E-state index contributed by atoms with van der Waals surface area (Å²) in [4.78, 5) is 14.9. The Morgan fingerprint density at radius 3 is 2.24 bits per heavy atom. The van der Waals surface area contributed by atoms with E-state index in [1.54, 1.807) is 35.2 Å². The number of hydrogen-bond acceptors (Lipinski definition) is 4. The van der Waals surface area contributed by atoms with Crippen LogP contribution in [-0.2, 0) is 14.8 Å². The molecule has 1 atom stereocenters. The molecule has 156 valence electrons. The van der Waals surface area contributed by atoms with Gasteiger partial charge in [0.05, 0.1) is 4.90 Å². The van der Waals surface area contributed by atoms with Crippen LogP contribution in [0.2, 0.25) is 0 Å². The maximum absolute atomic E-state index is 12.9. The molecule has 1 fully saturated rings. The molecule has 0 aromatic heterocycles. The number of ether oxygens (including phenoxy) is 1. The van der Waals surface area contributed by atoms with Gasteiger partial charge in [0.1, 0.15) is 5.75 Å². The summed E-state index contributed by atoms with van der Waals surface area (Å²) in [6.45, 7) is 7.24. The lowest BCUT2D eigenvalue weighted by molar-refractivity contribution is -0.140. The van der Waals surface area contributed by atoms with Gasteiger partial charge in [-0.25, -0.2) is 8.42 Å². The molecular weight excluding hydrogens is 388 g/mol. The number of carbonyl (C=O) groups is 1. The van der Waals surface area contributed by atoms with Gasteiger partial charge >= 0.3 is 0 Å². The predicted molar refractivity (Wildman–Crippen MR) is 112 cm³/mol. The van der Waals surface area contributed by atoms with Gasteiger partial charge in [0.15, 0.2) is 6.10 Å². The third-order valence-electron chi connectivity index (χ3n) is 5.33. The molecule has 2 aromatic rings. The van der Waals surface area contributed by atoms with Gasteiger partial charge in [-0.05, 0) is 55.7 Å². The number of carbonyl (C=O) groups excluding carboxylic acids is 1. The Hall–Kier alpha value is -2.38. The minimum atomic E-state index is -3.53. The van der Waals surface area contributed by atoms with Crippen LogP contribution in [0, 0.1) is 13.8 Å². The Morgan fingerprint density at radius 2 is 1.66 bits per heavy atom. The molecule has 1 aliphatic rings. The molecule has 0 saturated carbocycles. The number of hydrogen-bond donors (Lipinski definition) is 0. The minimum absolute atomic E-state index is 0.0949. The molecule has 1 unspecified atom stereocenters. The quantitative estimate of drug-likeness (QED) is 0.726. The monoisotopic (exact) mass is 416 g/mol. The zero-order valence-corrected chi connectivity index (χ0v) is 18.0. The first kappa shape index (κ1) is 21.3. The van der Waals surface area contributed by atoms with Gasteiger partial charge in [0.2, 0.25) is 10.0 Å². The number of aryl methyl sites for hydroxylation is 2. The molecular formula is C22H28N2O4S. The zero-order chi connectivity index (χ0) is 21.0. The van der Waals surface area contributed by atoms with E-state index in [1.807, 2.05) is 39.0 Å². The summed E-state index contributed by atoms with van der Waals surface area (Å²) in [6, 6.07) is 14.2. The van der Waals surface area contributed by atoms with Crippen LogP contribution in [0.1, 0.15) is 24.5 Å². The second-order valence-electron chi connectivity index (χ2n) is 7.30. The van der Waals surface area contributed by atoms with E-state index in [4.69, 9.17) is 4.74 Å². The average molecular weight is 417 g/mol. The van der Waals surface area contributed by atoms with E-state index < -0.39 is 16.1 Å². The Balaban J connectivity index is 1.63. The third-order valence-corrected chi connectivity index (χ3v) is 7.25. The van der Waals surface area contributed by atoms with Crippen molar-refractivity contribution in [3.05, 3.63) is 59.7 Å². The second kappa shape index (κ2) is 8.97. The summed E-state index contributed by atoms with van der Waals surface area (Å²) in [7, 11) is -3.53. The molecule has 2 aromatic carbocycles. The normalized spacial score (nSPS) is 16.4. The van der Waals surface area contributed by atoms with E-state index in [2.05, 4.69) is 0 Å². The number of rotatable bonds is 6. The van der Waals surface area contributed by atoms with E-state index in [1.165, 1.54) is 9.87 Å². The Morgan fingerprint density at radius 1 is 1.00 bits per heavy atom. The van der Waals surface area contributed by atoms with Crippen molar-refractivity contribution in [3.63, 3.8) is 0 Å². The van der Waals surface area contributed by atoms with Gasteiger partial charge in [-0.15, -0.1) is 0 Å². The maximum atomic E-state index is 12.9. The van der Waals surface area contributed by atoms with E-state index >= 15 is 0 Å². The average Bonchev–Trinajstić information content (AvgIpc) is 2.74. The van der Waals surface area contributed by atoms with Crippen molar-refractivity contribution >= 4 is 15.9 Å². The van der Waals surface area contributed by atoms with Crippen molar-refractivity contribution in [2.24, 2.45) is 0 Å². The van der Waals surface area contributed by atoms with E-state index in [0.29, 0.717) is 25.3 Å². The highest BCUT2D eigenvalue weighted by atomic mass is 32.2. The summed E-state index contributed by atoms with van der Waals surface area (Å²) in [5, 5.41) is 0. The highest BCUT2D eigenvalue weighted by molar-refractivity contribution is 7.89. The first-order valence-corrected chi connectivity index (χ1v) is 11.3. The second-order valence-corrected chi connectivity index (χ2v) is 9.24. The van der Waals surface area contributed by atoms with Gasteiger partial charge in [0, 0.05) is 26.2 Å². The van der Waals surface area contributed by atoms with Crippen molar-refractivity contribution in [2.45, 2.75) is 38.2 Å². The zero-order valence-electron chi connectivity index (χ0n) is 17.2. The molecule has 1 heterocycles. The molecule has 29 heavy (non-hydrogen) atoms. The Kier molecular flexibility index (Phi) is 6.59. The van der Waals surface area contributed by atoms with Crippen LogP contribution in [0.15, 0.2) is 53.4 Å². The fourth-order valence-corrected chi connectivity index (χ4v) is 4.80. The number of amides is 1. The van der Waals surface area contributed by atoms with Gasteiger partial charge in [-0.3, -0.25) is 4.79 Å². The van der Waals surface area contributed by atoms with Gasteiger partial charge < -0.3 is 9.64 Å². The van der Waals surface area contributed by atoms with Crippen LogP contribution >= 0.6 is 0 Å².